The van der Waals surface area contributed by atoms with E-state index in [4.69, 9.17) is 9.47 Å². The molecule has 2 aromatic rings. The van der Waals surface area contributed by atoms with Gasteiger partial charge in [0.1, 0.15) is 5.75 Å². The second kappa shape index (κ2) is 9.28. The van der Waals surface area contributed by atoms with Crippen LogP contribution in [0.4, 0.5) is 16.2 Å². The molecule has 0 radical (unpaired) electrons. The molecule has 2 amide bonds. The van der Waals surface area contributed by atoms with Gasteiger partial charge in [0, 0.05) is 44.2 Å². The molecule has 6 heteroatoms. The van der Waals surface area contributed by atoms with Crippen molar-refractivity contribution in [2.75, 3.05) is 44.1 Å². The maximum Gasteiger partial charge on any atom is 0.319 e. The number of anilines is 2. The first-order chi connectivity index (χ1) is 13.2. The molecular formula is C21H27N3O3. The third-order valence-electron chi connectivity index (χ3n) is 4.78. The molecule has 1 saturated heterocycles. The van der Waals surface area contributed by atoms with Crippen LogP contribution in [-0.2, 0) is 11.3 Å². The summed E-state index contributed by atoms with van der Waals surface area (Å²) in [6.45, 7) is 3.15. The summed E-state index contributed by atoms with van der Waals surface area (Å²) in [5, 5.41) is 5.85. The molecular weight excluding hydrogens is 342 g/mol. The number of hydrogen-bond acceptors (Lipinski definition) is 4. The number of carbonyl (C=O) groups excluding carboxylic acids is 1. The second-order valence-corrected chi connectivity index (χ2v) is 6.77. The normalized spacial score (nSPS) is 16.2. The molecule has 3 rings (SSSR count). The molecule has 2 aromatic carbocycles. The highest BCUT2D eigenvalue weighted by Crippen LogP contribution is 2.26. The van der Waals surface area contributed by atoms with Gasteiger partial charge in [0.25, 0.3) is 0 Å². The molecule has 0 spiro atoms. The highest BCUT2D eigenvalue weighted by molar-refractivity contribution is 5.89. The monoisotopic (exact) mass is 369 g/mol. The highest BCUT2D eigenvalue weighted by atomic mass is 16.5. The average Bonchev–Trinajstić information content (AvgIpc) is 3.17. The Morgan fingerprint density at radius 1 is 1.19 bits per heavy atom. The van der Waals surface area contributed by atoms with Crippen LogP contribution in [0.3, 0.4) is 0 Å². The third-order valence-corrected chi connectivity index (χ3v) is 4.78. The van der Waals surface area contributed by atoms with Crippen LogP contribution in [0.5, 0.6) is 5.75 Å². The van der Waals surface area contributed by atoms with Crippen molar-refractivity contribution in [3.8, 4) is 5.75 Å². The van der Waals surface area contributed by atoms with E-state index in [0.717, 1.165) is 42.2 Å². The van der Waals surface area contributed by atoms with Gasteiger partial charge in [0.05, 0.1) is 13.7 Å². The molecule has 0 bridgehead atoms. The van der Waals surface area contributed by atoms with Crippen LogP contribution >= 0.6 is 0 Å². The van der Waals surface area contributed by atoms with E-state index >= 15 is 0 Å². The van der Waals surface area contributed by atoms with E-state index in [-0.39, 0.29) is 6.03 Å². The van der Waals surface area contributed by atoms with Gasteiger partial charge in [-0.1, -0.05) is 18.2 Å². The quantitative estimate of drug-likeness (QED) is 0.784. The minimum atomic E-state index is -0.172. The zero-order valence-electron chi connectivity index (χ0n) is 15.9. The van der Waals surface area contributed by atoms with Crippen LogP contribution in [0.15, 0.2) is 48.5 Å². The predicted molar refractivity (Wildman–Crippen MR) is 107 cm³/mol. The van der Waals surface area contributed by atoms with Gasteiger partial charge in [-0.15, -0.1) is 0 Å². The summed E-state index contributed by atoms with van der Waals surface area (Å²) in [5.74, 6) is 1.30. The van der Waals surface area contributed by atoms with Gasteiger partial charge in [0.15, 0.2) is 0 Å². The van der Waals surface area contributed by atoms with E-state index in [1.807, 2.05) is 36.4 Å². The van der Waals surface area contributed by atoms with Crippen molar-refractivity contribution in [2.24, 2.45) is 5.92 Å². The Kier molecular flexibility index (Phi) is 6.54. The van der Waals surface area contributed by atoms with Crippen molar-refractivity contribution >= 4 is 17.4 Å². The fourth-order valence-corrected chi connectivity index (χ4v) is 3.30. The van der Waals surface area contributed by atoms with E-state index in [2.05, 4.69) is 27.7 Å². The Morgan fingerprint density at radius 2 is 2.00 bits per heavy atom. The summed E-state index contributed by atoms with van der Waals surface area (Å²) in [4.78, 5) is 14.5. The lowest BCUT2D eigenvalue weighted by atomic mass is 10.1. The van der Waals surface area contributed by atoms with Gasteiger partial charge < -0.3 is 25.0 Å². The van der Waals surface area contributed by atoms with Crippen LogP contribution in [0.1, 0.15) is 12.0 Å². The summed E-state index contributed by atoms with van der Waals surface area (Å²) >= 11 is 0. The van der Waals surface area contributed by atoms with Gasteiger partial charge >= 0.3 is 6.03 Å². The van der Waals surface area contributed by atoms with Crippen LogP contribution in [0.25, 0.3) is 0 Å². The molecule has 2 N–H and O–H groups in total. The molecule has 1 atom stereocenters. The fourth-order valence-electron chi connectivity index (χ4n) is 3.30. The number of benzene rings is 2. The number of rotatable bonds is 7. The van der Waals surface area contributed by atoms with Crippen LogP contribution in [0.2, 0.25) is 0 Å². The van der Waals surface area contributed by atoms with Gasteiger partial charge in [0.2, 0.25) is 0 Å². The van der Waals surface area contributed by atoms with Crippen molar-refractivity contribution in [2.45, 2.75) is 13.0 Å². The number of ether oxygens (including phenoxy) is 2. The number of carbonyl (C=O) groups is 1. The molecule has 144 valence electrons. The number of amides is 2. The van der Waals surface area contributed by atoms with Crippen LogP contribution < -0.4 is 20.3 Å². The minimum absolute atomic E-state index is 0.172. The summed E-state index contributed by atoms with van der Waals surface area (Å²) < 4.78 is 10.4. The van der Waals surface area contributed by atoms with Gasteiger partial charge in [-0.25, -0.2) is 4.79 Å². The van der Waals surface area contributed by atoms with E-state index < -0.39 is 0 Å². The van der Waals surface area contributed by atoms with Crippen molar-refractivity contribution < 1.29 is 14.3 Å². The van der Waals surface area contributed by atoms with Crippen molar-refractivity contribution in [3.05, 3.63) is 54.1 Å². The van der Waals surface area contributed by atoms with Crippen LogP contribution in [0, 0.1) is 5.92 Å². The van der Waals surface area contributed by atoms with Gasteiger partial charge in [-0.3, -0.25) is 0 Å². The van der Waals surface area contributed by atoms with Gasteiger partial charge in [-0.05, 0) is 42.2 Å². The van der Waals surface area contributed by atoms with Crippen molar-refractivity contribution in [1.29, 1.82) is 0 Å². The zero-order chi connectivity index (χ0) is 19.1. The third kappa shape index (κ3) is 5.37. The number of urea groups is 1. The van der Waals surface area contributed by atoms with Crippen molar-refractivity contribution in [1.82, 2.24) is 5.32 Å². The summed E-state index contributed by atoms with van der Waals surface area (Å²) in [6, 6.07) is 15.6. The highest BCUT2D eigenvalue weighted by Gasteiger charge is 2.23. The molecule has 1 aliphatic rings. The topological polar surface area (TPSA) is 62.8 Å². The summed E-state index contributed by atoms with van der Waals surface area (Å²) in [5.41, 5.74) is 3.02. The minimum Gasteiger partial charge on any atom is -0.497 e. The molecule has 0 saturated carbocycles. The maximum atomic E-state index is 12.1. The van der Waals surface area contributed by atoms with E-state index in [1.54, 1.807) is 14.2 Å². The molecule has 6 nitrogen and oxygen atoms in total. The van der Waals surface area contributed by atoms with Crippen molar-refractivity contribution in [3.63, 3.8) is 0 Å². The summed E-state index contributed by atoms with van der Waals surface area (Å²) in [7, 11) is 3.34. The fraction of sp³-hybridized carbons (Fsp3) is 0.381. The first-order valence-corrected chi connectivity index (χ1v) is 9.19. The molecule has 0 aliphatic carbocycles. The average molecular weight is 369 g/mol. The lowest BCUT2D eigenvalue weighted by Crippen LogP contribution is -2.34. The smallest absolute Gasteiger partial charge is 0.319 e. The lowest BCUT2D eigenvalue weighted by molar-refractivity contribution is 0.185. The Labute approximate surface area is 160 Å². The van der Waals surface area contributed by atoms with Crippen LogP contribution in [-0.4, -0.2) is 39.9 Å². The van der Waals surface area contributed by atoms with E-state index in [1.165, 1.54) is 0 Å². The predicted octanol–water partition coefficient (Wildman–Crippen LogP) is 3.49. The molecule has 0 aromatic heterocycles. The molecule has 1 aliphatic heterocycles. The first kappa shape index (κ1) is 19.0. The second-order valence-electron chi connectivity index (χ2n) is 6.77. The SMILES string of the molecule is COCc1ccc(NC(=O)NC[C@@H]2CCN(c3cccc(OC)c3)C2)cc1. The Hall–Kier alpha value is -2.73. The molecule has 1 fully saturated rings. The largest absolute Gasteiger partial charge is 0.497 e. The number of hydrogen-bond donors (Lipinski definition) is 2. The Balaban J connectivity index is 1.44. The van der Waals surface area contributed by atoms with E-state index in [9.17, 15) is 4.79 Å². The molecule has 0 unspecified atom stereocenters. The number of methoxy groups -OCH3 is 2. The molecule has 27 heavy (non-hydrogen) atoms. The zero-order valence-corrected chi connectivity index (χ0v) is 15.9. The lowest BCUT2D eigenvalue weighted by Gasteiger charge is -2.19. The maximum absolute atomic E-state index is 12.1. The van der Waals surface area contributed by atoms with Gasteiger partial charge in [-0.2, -0.15) is 0 Å². The first-order valence-electron chi connectivity index (χ1n) is 9.19. The van der Waals surface area contributed by atoms with E-state index in [0.29, 0.717) is 19.1 Å². The number of nitrogens with one attached hydrogen (secondary N) is 2. The Bertz CT molecular complexity index is 749. The molecule has 1 heterocycles. The summed E-state index contributed by atoms with van der Waals surface area (Å²) in [6.07, 6.45) is 1.06. The Morgan fingerprint density at radius 3 is 2.74 bits per heavy atom. The standard InChI is InChI=1S/C21H27N3O3/c1-26-15-16-6-8-18(9-7-16)23-21(25)22-13-17-10-11-24(14-17)19-4-3-5-20(12-19)27-2/h3-9,12,17H,10-11,13-15H2,1-2H3,(H2,22,23,25)/t17-/m0/s1. The number of nitrogens with zero attached hydrogens (tertiary/aromatic N) is 1.